The maximum atomic E-state index is 2.56. The molecule has 15 rings (SSSR count). The van der Waals surface area contributed by atoms with Crippen LogP contribution in [0.5, 0.6) is 0 Å². The molecule has 0 radical (unpaired) electrons. The Bertz CT molecular complexity index is 4600. The van der Waals surface area contributed by atoms with Gasteiger partial charge in [0.15, 0.2) is 0 Å². The second kappa shape index (κ2) is 18.0. The number of aryl methyl sites for hydroxylation is 1. The summed E-state index contributed by atoms with van der Waals surface area (Å²) in [6.07, 6.45) is 6.73. The van der Waals surface area contributed by atoms with Crippen molar-refractivity contribution in [3.05, 3.63) is 284 Å². The summed E-state index contributed by atoms with van der Waals surface area (Å²) < 4.78 is 0. The van der Waals surface area contributed by atoms with Crippen LogP contribution in [-0.4, -0.2) is 0 Å². The van der Waals surface area contributed by atoms with Gasteiger partial charge >= 0.3 is 0 Å². The average molecular weight is 967 g/mol. The predicted octanol–water partition coefficient (Wildman–Crippen LogP) is 21.0. The zero-order chi connectivity index (χ0) is 50.1. The van der Waals surface area contributed by atoms with Crippen molar-refractivity contribution in [2.24, 2.45) is 0 Å². The maximum Gasteiger partial charge on any atom is 0.0620 e. The molecule has 356 valence electrons. The zero-order valence-electron chi connectivity index (χ0n) is 41.9. The van der Waals surface area contributed by atoms with Crippen molar-refractivity contribution in [2.75, 3.05) is 9.80 Å². The molecule has 76 heavy (non-hydrogen) atoms. The average Bonchev–Trinajstić information content (AvgIpc) is 3.51. The Hall–Kier alpha value is -9.76. The van der Waals surface area contributed by atoms with Crippen molar-refractivity contribution < 1.29 is 0 Å². The standard InChI is InChI=1S/C74H50N2/c1-7-19-55-41-61(27-25-49(55)13-1)63-33-39-69-71(47-63)73(75(65-35-29-51-15-3-9-21-57(51)43-65)66-36-30-52-16-4-10-22-58(52)44-66)70-40-34-64(62-28-26-50-14-2-8-20-56(50)42-62)48-72(70)74(69)76(67-37-31-53-17-5-11-23-59(53)45-67)68-38-32-54-18-6-12-24-60(54)46-68/h1-5,7-17,19-48H,6,18H2. The quantitative estimate of drug-likeness (QED) is 0.111. The number of hydrogen-bond donors (Lipinski definition) is 0. The monoisotopic (exact) mass is 966 g/mol. The fourth-order valence-corrected chi connectivity index (χ4v) is 12.1. The minimum absolute atomic E-state index is 1.04. The van der Waals surface area contributed by atoms with Gasteiger partial charge < -0.3 is 9.80 Å². The summed E-state index contributed by atoms with van der Waals surface area (Å²) in [7, 11) is 0. The molecule has 0 saturated heterocycles. The van der Waals surface area contributed by atoms with E-state index in [0.717, 1.165) is 79.6 Å². The van der Waals surface area contributed by atoms with E-state index in [-0.39, 0.29) is 0 Å². The van der Waals surface area contributed by atoms with E-state index in [1.54, 1.807) is 0 Å². The van der Waals surface area contributed by atoms with E-state index in [0.29, 0.717) is 0 Å². The molecule has 0 heterocycles. The van der Waals surface area contributed by atoms with E-state index in [4.69, 9.17) is 0 Å². The van der Waals surface area contributed by atoms with Crippen LogP contribution in [0.1, 0.15) is 17.5 Å². The second-order valence-electron chi connectivity index (χ2n) is 20.4. The van der Waals surface area contributed by atoms with Gasteiger partial charge in [0.25, 0.3) is 0 Å². The van der Waals surface area contributed by atoms with Gasteiger partial charge in [-0.2, -0.15) is 0 Å². The van der Waals surface area contributed by atoms with Crippen LogP contribution < -0.4 is 9.80 Å². The normalized spacial score (nSPS) is 12.3. The first-order chi connectivity index (χ1) is 37.6. The summed E-state index contributed by atoms with van der Waals surface area (Å²) in [5.41, 5.74) is 14.0. The Morgan fingerprint density at radius 3 is 1.00 bits per heavy atom. The highest BCUT2D eigenvalue weighted by molar-refractivity contribution is 6.25. The van der Waals surface area contributed by atoms with Gasteiger partial charge in [-0.15, -0.1) is 0 Å². The largest absolute Gasteiger partial charge is 0.309 e. The van der Waals surface area contributed by atoms with Gasteiger partial charge in [-0.25, -0.2) is 0 Å². The minimum atomic E-state index is 1.04. The molecule has 1 aliphatic carbocycles. The van der Waals surface area contributed by atoms with Crippen LogP contribution in [0.4, 0.5) is 34.1 Å². The number of fused-ring (bicyclic) bond motifs is 8. The molecular formula is C74H50N2. The Morgan fingerprint density at radius 2 is 0.579 bits per heavy atom. The highest BCUT2D eigenvalue weighted by atomic mass is 15.2. The molecule has 0 saturated carbocycles. The van der Waals surface area contributed by atoms with E-state index in [2.05, 4.69) is 289 Å². The Labute approximate surface area is 442 Å². The number of allylic oxidation sites excluding steroid dienone is 1. The van der Waals surface area contributed by atoms with Gasteiger partial charge in [-0.1, -0.05) is 206 Å². The lowest BCUT2D eigenvalue weighted by Crippen LogP contribution is -2.15. The van der Waals surface area contributed by atoms with Gasteiger partial charge in [0.2, 0.25) is 0 Å². The van der Waals surface area contributed by atoms with Crippen LogP contribution in [0.15, 0.2) is 273 Å². The van der Waals surface area contributed by atoms with Crippen molar-refractivity contribution in [1.82, 2.24) is 0 Å². The molecule has 0 aliphatic heterocycles. The number of nitrogens with zero attached hydrogens (tertiary/aromatic N) is 2. The number of benzene rings is 14. The van der Waals surface area contributed by atoms with E-state index in [1.165, 1.54) is 76.1 Å². The lowest BCUT2D eigenvalue weighted by Gasteiger charge is -2.34. The van der Waals surface area contributed by atoms with Crippen molar-refractivity contribution in [2.45, 2.75) is 12.8 Å². The van der Waals surface area contributed by atoms with Crippen LogP contribution in [0.3, 0.4) is 0 Å². The first-order valence-corrected chi connectivity index (χ1v) is 26.5. The van der Waals surface area contributed by atoms with Crippen molar-refractivity contribution in [3.63, 3.8) is 0 Å². The molecule has 0 amide bonds. The molecule has 2 nitrogen and oxygen atoms in total. The summed E-state index contributed by atoms with van der Waals surface area (Å²) in [6.45, 7) is 0. The summed E-state index contributed by atoms with van der Waals surface area (Å²) in [6, 6.07) is 99.8. The molecule has 14 aromatic carbocycles. The Kier molecular flexibility index (Phi) is 10.4. The van der Waals surface area contributed by atoms with E-state index in [9.17, 15) is 0 Å². The van der Waals surface area contributed by atoms with Crippen molar-refractivity contribution in [1.29, 1.82) is 0 Å². The lowest BCUT2D eigenvalue weighted by atomic mass is 9.90. The third kappa shape index (κ3) is 7.57. The van der Waals surface area contributed by atoms with Crippen LogP contribution in [0, 0.1) is 0 Å². The molecular weight excluding hydrogens is 917 g/mol. The number of rotatable bonds is 8. The predicted molar refractivity (Wildman–Crippen MR) is 327 cm³/mol. The first kappa shape index (κ1) is 43.8. The SMILES string of the molecule is C1=Cc2cc(N(c3ccc4ccccc4c3)c3c4ccc(-c5ccc6ccccc6c5)cc4c(N(c4ccc5ccccc5c4)c4ccc5ccccc5c4)c4ccc(-c5ccc6ccccc6c5)cc34)ccc2CC1. The highest BCUT2D eigenvalue weighted by Gasteiger charge is 2.28. The molecule has 2 heteroatoms. The third-order valence-electron chi connectivity index (χ3n) is 15.9. The number of hydrogen-bond acceptors (Lipinski definition) is 2. The van der Waals surface area contributed by atoms with Crippen molar-refractivity contribution in [3.8, 4) is 22.3 Å². The second-order valence-corrected chi connectivity index (χ2v) is 20.4. The van der Waals surface area contributed by atoms with Crippen LogP contribution in [0.25, 0.3) is 104 Å². The maximum absolute atomic E-state index is 2.56. The smallest absolute Gasteiger partial charge is 0.0620 e. The molecule has 0 aromatic heterocycles. The molecule has 1 aliphatic rings. The number of anilines is 6. The van der Waals surface area contributed by atoms with Crippen LogP contribution in [-0.2, 0) is 6.42 Å². The molecule has 0 spiro atoms. The first-order valence-electron chi connectivity index (χ1n) is 26.5. The Morgan fingerprint density at radius 1 is 0.250 bits per heavy atom. The van der Waals surface area contributed by atoms with Crippen molar-refractivity contribution >= 4 is 116 Å². The van der Waals surface area contributed by atoms with E-state index < -0.39 is 0 Å². The summed E-state index contributed by atoms with van der Waals surface area (Å²) in [4.78, 5) is 5.09. The highest BCUT2D eigenvalue weighted by Crippen LogP contribution is 2.53. The lowest BCUT2D eigenvalue weighted by molar-refractivity contribution is 0.985. The molecule has 14 aromatic rings. The summed E-state index contributed by atoms with van der Waals surface area (Å²) in [5.74, 6) is 0. The van der Waals surface area contributed by atoms with Gasteiger partial charge in [0.1, 0.15) is 0 Å². The van der Waals surface area contributed by atoms with E-state index in [1.807, 2.05) is 0 Å². The zero-order valence-corrected chi connectivity index (χ0v) is 41.9. The van der Waals surface area contributed by atoms with Gasteiger partial charge in [0, 0.05) is 44.3 Å². The van der Waals surface area contributed by atoms with Gasteiger partial charge in [-0.3, -0.25) is 0 Å². The Balaban J connectivity index is 1.11. The van der Waals surface area contributed by atoms with E-state index >= 15 is 0 Å². The summed E-state index contributed by atoms with van der Waals surface area (Å²) >= 11 is 0. The molecule has 0 N–H and O–H groups in total. The molecule has 0 bridgehead atoms. The fourth-order valence-electron chi connectivity index (χ4n) is 12.1. The molecule has 0 unspecified atom stereocenters. The topological polar surface area (TPSA) is 6.48 Å². The van der Waals surface area contributed by atoms with Crippen LogP contribution >= 0.6 is 0 Å². The minimum Gasteiger partial charge on any atom is -0.309 e. The molecule has 0 atom stereocenters. The third-order valence-corrected chi connectivity index (χ3v) is 15.9. The fraction of sp³-hybridized carbons (Fsp3) is 0.0270. The van der Waals surface area contributed by atoms with Gasteiger partial charge in [0.05, 0.1) is 11.4 Å². The molecule has 0 fully saturated rings. The van der Waals surface area contributed by atoms with Crippen LogP contribution in [0.2, 0.25) is 0 Å². The van der Waals surface area contributed by atoms with Gasteiger partial charge in [-0.05, 0) is 173 Å². The summed E-state index contributed by atoms with van der Waals surface area (Å²) in [5, 5.41) is 16.7.